The van der Waals surface area contributed by atoms with Gasteiger partial charge in [-0.15, -0.1) is 0 Å². The Morgan fingerprint density at radius 1 is 1.09 bits per heavy atom. The van der Waals surface area contributed by atoms with Crippen molar-refractivity contribution in [3.05, 3.63) is 83.7 Å². The third kappa shape index (κ3) is 6.37. The second kappa shape index (κ2) is 11.2. The third-order valence-electron chi connectivity index (χ3n) is 4.61. The maximum atomic E-state index is 13.8. The number of anilines is 1. The molecule has 0 spiro atoms. The molecule has 0 aromatic heterocycles. The molecule has 0 heterocycles. The molecule has 0 bridgehead atoms. The second-order valence-electron chi connectivity index (χ2n) is 6.96. The van der Waals surface area contributed by atoms with Crippen LogP contribution in [0.25, 0.3) is 6.08 Å². The van der Waals surface area contributed by atoms with Gasteiger partial charge in [0.05, 0.1) is 19.4 Å². The Balaban J connectivity index is 1.87. The van der Waals surface area contributed by atoms with Crippen LogP contribution in [0.15, 0.2) is 77.2 Å². The van der Waals surface area contributed by atoms with Crippen LogP contribution in [0, 0.1) is 17.1 Å². The number of halogens is 1. The Morgan fingerprint density at radius 3 is 2.43 bits per heavy atom. The molecule has 0 aliphatic rings. The van der Waals surface area contributed by atoms with Crippen molar-refractivity contribution in [2.24, 2.45) is 0 Å². The second-order valence-corrected chi connectivity index (χ2v) is 8.50. The molecule has 8 nitrogen and oxygen atoms in total. The van der Waals surface area contributed by atoms with Crippen LogP contribution in [0.3, 0.4) is 0 Å². The Labute approximate surface area is 202 Å². The largest absolute Gasteiger partial charge is 0.497 e. The van der Waals surface area contributed by atoms with Crippen LogP contribution in [0.1, 0.15) is 12.5 Å². The number of hydrogen-bond donors (Lipinski definition) is 1. The summed E-state index contributed by atoms with van der Waals surface area (Å²) in [6.07, 6.45) is 1.26. The average Bonchev–Trinajstić information content (AvgIpc) is 2.85. The van der Waals surface area contributed by atoms with Crippen molar-refractivity contribution in [3.63, 3.8) is 0 Å². The van der Waals surface area contributed by atoms with Crippen molar-refractivity contribution in [1.82, 2.24) is 0 Å². The first-order chi connectivity index (χ1) is 16.8. The number of amides is 1. The highest BCUT2D eigenvalue weighted by Crippen LogP contribution is 2.32. The van der Waals surface area contributed by atoms with Gasteiger partial charge in [-0.3, -0.25) is 4.79 Å². The van der Waals surface area contributed by atoms with E-state index in [1.165, 1.54) is 73.8 Å². The molecule has 0 unspecified atom stereocenters. The number of rotatable bonds is 9. The van der Waals surface area contributed by atoms with Gasteiger partial charge in [-0.1, -0.05) is 18.2 Å². The van der Waals surface area contributed by atoms with Crippen molar-refractivity contribution in [1.29, 1.82) is 5.26 Å². The van der Waals surface area contributed by atoms with Gasteiger partial charge in [0.15, 0.2) is 11.5 Å². The fourth-order valence-electron chi connectivity index (χ4n) is 2.93. The maximum absolute atomic E-state index is 13.8. The van der Waals surface area contributed by atoms with Crippen LogP contribution >= 0.6 is 0 Å². The fourth-order valence-corrected chi connectivity index (χ4v) is 3.87. The first-order valence-corrected chi connectivity index (χ1v) is 11.7. The molecule has 180 valence electrons. The van der Waals surface area contributed by atoms with Gasteiger partial charge in [0.1, 0.15) is 28.1 Å². The number of ether oxygens (including phenoxy) is 2. The zero-order valence-corrected chi connectivity index (χ0v) is 19.6. The smallest absolute Gasteiger partial charge is 0.339 e. The summed E-state index contributed by atoms with van der Waals surface area (Å²) in [5.41, 5.74) is -0.000699. The lowest BCUT2D eigenvalue weighted by molar-refractivity contribution is -0.112. The van der Waals surface area contributed by atoms with Crippen molar-refractivity contribution in [3.8, 4) is 23.3 Å². The minimum absolute atomic E-state index is 0.0684. The van der Waals surface area contributed by atoms with Crippen LogP contribution in [0.2, 0.25) is 0 Å². The summed E-state index contributed by atoms with van der Waals surface area (Å²) in [5.74, 6) is -0.948. The van der Waals surface area contributed by atoms with E-state index >= 15 is 0 Å². The molecular formula is C25H21FN2O6S. The van der Waals surface area contributed by atoms with Gasteiger partial charge < -0.3 is 19.0 Å². The van der Waals surface area contributed by atoms with Crippen molar-refractivity contribution in [2.75, 3.05) is 19.0 Å². The summed E-state index contributed by atoms with van der Waals surface area (Å²) >= 11 is 0. The summed E-state index contributed by atoms with van der Waals surface area (Å²) in [6, 6.07) is 17.2. The monoisotopic (exact) mass is 496 g/mol. The third-order valence-corrected chi connectivity index (χ3v) is 5.86. The molecule has 0 saturated carbocycles. The van der Waals surface area contributed by atoms with Gasteiger partial charge in [0, 0.05) is 0 Å². The predicted molar refractivity (Wildman–Crippen MR) is 127 cm³/mol. The van der Waals surface area contributed by atoms with Gasteiger partial charge in [-0.05, 0) is 67.1 Å². The molecule has 0 radical (unpaired) electrons. The molecule has 1 N–H and O–H groups in total. The minimum Gasteiger partial charge on any atom is -0.497 e. The van der Waals surface area contributed by atoms with Crippen LogP contribution in [-0.2, 0) is 14.9 Å². The Bertz CT molecular complexity index is 1400. The van der Waals surface area contributed by atoms with Gasteiger partial charge in [0.2, 0.25) is 0 Å². The topological polar surface area (TPSA) is 115 Å². The minimum atomic E-state index is -4.17. The molecule has 0 fully saturated rings. The number of nitrogens with one attached hydrogen (secondary N) is 1. The Hall–Kier alpha value is -4.36. The molecule has 0 atom stereocenters. The lowest BCUT2D eigenvalue weighted by atomic mass is 10.1. The first-order valence-electron chi connectivity index (χ1n) is 10.3. The lowest BCUT2D eigenvalue weighted by Gasteiger charge is -2.13. The van der Waals surface area contributed by atoms with Crippen molar-refractivity contribution >= 4 is 27.8 Å². The average molecular weight is 497 g/mol. The number of carbonyl (C=O) groups excluding carboxylic acids is 1. The number of carbonyl (C=O) groups is 1. The van der Waals surface area contributed by atoms with E-state index in [1.54, 1.807) is 19.1 Å². The summed E-state index contributed by atoms with van der Waals surface area (Å²) in [5, 5.41) is 11.8. The number of nitriles is 1. The standard InChI is InChI=1S/C25H21FN2O6S/c1-3-33-24-15-17(14-18(16-27)25(29)28-22-7-5-4-6-21(22)26)8-13-23(24)34-35(30,31)20-11-9-19(32-2)10-12-20/h4-15H,3H2,1-2H3,(H,28,29)/b18-14+. The van der Waals surface area contributed by atoms with E-state index < -0.39 is 21.8 Å². The van der Waals surface area contributed by atoms with Gasteiger partial charge in [0.25, 0.3) is 5.91 Å². The number of para-hydroxylation sites is 1. The zero-order chi connectivity index (χ0) is 25.4. The highest BCUT2D eigenvalue weighted by Gasteiger charge is 2.20. The molecule has 35 heavy (non-hydrogen) atoms. The first kappa shape index (κ1) is 25.3. The van der Waals surface area contributed by atoms with E-state index in [-0.39, 0.29) is 34.3 Å². The molecule has 1 amide bonds. The van der Waals surface area contributed by atoms with E-state index in [4.69, 9.17) is 13.7 Å². The Kier molecular flexibility index (Phi) is 8.07. The quantitative estimate of drug-likeness (QED) is 0.263. The molecule has 0 aliphatic carbocycles. The number of methoxy groups -OCH3 is 1. The maximum Gasteiger partial charge on any atom is 0.339 e. The number of benzene rings is 3. The van der Waals surface area contributed by atoms with Gasteiger partial charge in [-0.2, -0.15) is 13.7 Å². The zero-order valence-electron chi connectivity index (χ0n) is 18.8. The summed E-state index contributed by atoms with van der Waals surface area (Å²) in [6.45, 7) is 1.90. The number of hydrogen-bond acceptors (Lipinski definition) is 7. The summed E-state index contributed by atoms with van der Waals surface area (Å²) in [7, 11) is -2.71. The predicted octanol–water partition coefficient (Wildman–Crippen LogP) is 4.55. The van der Waals surface area contributed by atoms with E-state index in [1.807, 2.05) is 0 Å². The van der Waals surface area contributed by atoms with E-state index in [0.29, 0.717) is 11.3 Å². The summed E-state index contributed by atoms with van der Waals surface area (Å²) < 4.78 is 55.0. The molecule has 0 aliphatic heterocycles. The number of nitrogens with zero attached hydrogens (tertiary/aromatic N) is 1. The lowest BCUT2D eigenvalue weighted by Crippen LogP contribution is -2.14. The normalized spacial score (nSPS) is 11.3. The van der Waals surface area contributed by atoms with Gasteiger partial charge >= 0.3 is 10.1 Å². The van der Waals surface area contributed by atoms with Crippen LogP contribution < -0.4 is 19.0 Å². The van der Waals surface area contributed by atoms with Crippen molar-refractivity contribution in [2.45, 2.75) is 11.8 Å². The Morgan fingerprint density at radius 2 is 1.80 bits per heavy atom. The molecule has 10 heteroatoms. The molecule has 3 rings (SSSR count). The van der Waals surface area contributed by atoms with Gasteiger partial charge in [-0.25, -0.2) is 4.39 Å². The SMILES string of the molecule is CCOc1cc(/C=C(\C#N)C(=O)Nc2ccccc2F)ccc1OS(=O)(=O)c1ccc(OC)cc1. The van der Waals surface area contributed by atoms with Crippen molar-refractivity contribution < 1.29 is 31.3 Å². The fraction of sp³-hybridized carbons (Fsp3) is 0.120. The van der Waals surface area contributed by atoms with E-state index in [9.17, 15) is 22.9 Å². The van der Waals surface area contributed by atoms with Crippen LogP contribution in [0.5, 0.6) is 17.2 Å². The highest BCUT2D eigenvalue weighted by molar-refractivity contribution is 7.87. The van der Waals surface area contributed by atoms with E-state index in [0.717, 1.165) is 0 Å². The van der Waals surface area contributed by atoms with Crippen LogP contribution in [0.4, 0.5) is 10.1 Å². The molecular weight excluding hydrogens is 475 g/mol. The van der Waals surface area contributed by atoms with E-state index in [2.05, 4.69) is 5.32 Å². The molecule has 3 aromatic rings. The summed E-state index contributed by atoms with van der Waals surface area (Å²) in [4.78, 5) is 12.4. The van der Waals surface area contributed by atoms with Crippen LogP contribution in [-0.4, -0.2) is 28.0 Å². The highest BCUT2D eigenvalue weighted by atomic mass is 32.2. The molecule has 0 saturated heterocycles. The molecule has 3 aromatic carbocycles.